The number of benzene rings is 2. The third kappa shape index (κ3) is 4.27. The average molecular weight is 619 g/mol. The Kier molecular flexibility index (Phi) is 6.13. The van der Waals surface area contributed by atoms with Gasteiger partial charge in [0.05, 0.1) is 30.0 Å². The first-order chi connectivity index (χ1) is 20.7. The highest BCUT2D eigenvalue weighted by Gasteiger charge is 2.52. The second kappa shape index (κ2) is 9.74. The Labute approximate surface area is 258 Å². The standard InChI is InChI=1S/C32H33Cl2N7O2/c1-39-29-25(8-19(10-27(29)43-2)31(42)40-15-18-6-7-22(40)11-24(18)35)38-30(39)26-9-17-4-3-5-23(20-13-36-37-14-20)28(17)41(26)16-21-12-32(21,33)34/h3-5,8-10,13-14,18,21-22,24H,6-7,11-12,15-16,35H2,1-2H3,(H,36,37)/t18-,21?,22-,24+/m1/s1. The number of hydrogen-bond acceptors (Lipinski definition) is 5. The van der Waals surface area contributed by atoms with Crippen molar-refractivity contribution >= 4 is 51.0 Å². The highest BCUT2D eigenvalue weighted by molar-refractivity contribution is 6.50. The summed E-state index contributed by atoms with van der Waals surface area (Å²) in [6.07, 6.45) is 7.42. The molecule has 2 aliphatic heterocycles. The number of aromatic amines is 1. The fourth-order valence-corrected chi connectivity index (χ4v) is 7.92. The van der Waals surface area contributed by atoms with Crippen molar-refractivity contribution in [1.29, 1.82) is 0 Å². The number of aryl methyl sites for hydroxylation is 1. The average Bonchev–Trinajstić information content (AvgIpc) is 3.45. The van der Waals surface area contributed by atoms with E-state index in [4.69, 9.17) is 38.7 Å². The molecule has 2 aromatic carbocycles. The van der Waals surface area contributed by atoms with Crippen molar-refractivity contribution in [3.8, 4) is 28.4 Å². The summed E-state index contributed by atoms with van der Waals surface area (Å²) in [4.78, 5) is 21.0. The number of carbonyl (C=O) groups excluding carboxylic acids is 1. The molecule has 3 aromatic heterocycles. The molecular weight excluding hydrogens is 585 g/mol. The van der Waals surface area contributed by atoms with Crippen LogP contribution in [0.3, 0.4) is 0 Å². The number of nitrogens with zero attached hydrogens (tertiary/aromatic N) is 5. The molecule has 2 bridgehead atoms. The number of carbonyl (C=O) groups is 1. The number of aromatic nitrogens is 5. The monoisotopic (exact) mass is 617 g/mol. The first-order valence-electron chi connectivity index (χ1n) is 14.8. The largest absolute Gasteiger partial charge is 0.494 e. The second-order valence-electron chi connectivity index (χ2n) is 12.4. The van der Waals surface area contributed by atoms with Crippen molar-refractivity contribution in [1.82, 2.24) is 29.2 Å². The molecule has 222 valence electrons. The van der Waals surface area contributed by atoms with Crippen LogP contribution >= 0.6 is 23.2 Å². The summed E-state index contributed by atoms with van der Waals surface area (Å²) in [6, 6.07) is 12.6. The van der Waals surface area contributed by atoms with E-state index in [1.807, 2.05) is 41.0 Å². The normalized spacial score (nSPS) is 24.3. The molecular formula is C32H33Cl2N7O2. The van der Waals surface area contributed by atoms with E-state index in [-0.39, 0.29) is 23.9 Å². The summed E-state index contributed by atoms with van der Waals surface area (Å²) in [6.45, 7) is 1.35. The number of halogens is 2. The van der Waals surface area contributed by atoms with Crippen LogP contribution in [0.1, 0.15) is 36.0 Å². The molecule has 0 spiro atoms. The van der Waals surface area contributed by atoms with Gasteiger partial charge in [-0.2, -0.15) is 5.10 Å². The van der Waals surface area contributed by atoms with Gasteiger partial charge in [0.25, 0.3) is 5.91 Å². The van der Waals surface area contributed by atoms with Crippen LogP contribution in [0, 0.1) is 11.8 Å². The van der Waals surface area contributed by atoms with Gasteiger partial charge in [-0.15, -0.1) is 23.2 Å². The zero-order valence-electron chi connectivity index (χ0n) is 24.1. The highest BCUT2D eigenvalue weighted by Crippen LogP contribution is 2.55. The number of fused-ring (bicyclic) bond motifs is 5. The lowest BCUT2D eigenvalue weighted by Crippen LogP contribution is -2.58. The van der Waals surface area contributed by atoms with Gasteiger partial charge in [-0.25, -0.2) is 4.98 Å². The number of rotatable bonds is 6. The Balaban J connectivity index is 1.27. The number of nitrogens with two attached hydrogens (primary N) is 1. The van der Waals surface area contributed by atoms with E-state index < -0.39 is 4.33 Å². The summed E-state index contributed by atoms with van der Waals surface area (Å²) in [5.74, 6) is 1.88. The van der Waals surface area contributed by atoms with Crippen molar-refractivity contribution in [3.05, 3.63) is 54.4 Å². The highest BCUT2D eigenvalue weighted by atomic mass is 35.5. The minimum Gasteiger partial charge on any atom is -0.494 e. The van der Waals surface area contributed by atoms with E-state index in [9.17, 15) is 4.79 Å². The third-order valence-corrected chi connectivity index (χ3v) is 10.8. The molecule has 9 rings (SSSR count). The number of amides is 1. The third-order valence-electron chi connectivity index (χ3n) is 9.87. The molecule has 3 N–H and O–H groups in total. The molecule has 2 saturated heterocycles. The van der Waals surface area contributed by atoms with Gasteiger partial charge in [-0.05, 0) is 49.8 Å². The van der Waals surface area contributed by atoms with Gasteiger partial charge in [0.1, 0.15) is 15.6 Å². The molecule has 0 radical (unpaired) electrons. The van der Waals surface area contributed by atoms with Crippen LogP contribution in [0.2, 0.25) is 0 Å². The Bertz CT molecular complexity index is 1890. The van der Waals surface area contributed by atoms with E-state index in [0.29, 0.717) is 35.8 Å². The predicted molar refractivity (Wildman–Crippen MR) is 168 cm³/mol. The fourth-order valence-electron chi connectivity index (χ4n) is 7.41. The molecule has 4 aliphatic rings. The Morgan fingerprint density at radius 2 is 2.05 bits per heavy atom. The van der Waals surface area contributed by atoms with Crippen LogP contribution in [0.5, 0.6) is 5.75 Å². The molecule has 5 aromatic rings. The van der Waals surface area contributed by atoms with Crippen LogP contribution in [-0.4, -0.2) is 65.2 Å². The van der Waals surface area contributed by atoms with Crippen molar-refractivity contribution < 1.29 is 9.53 Å². The Morgan fingerprint density at radius 3 is 2.72 bits per heavy atom. The molecule has 1 amide bonds. The maximum Gasteiger partial charge on any atom is 0.254 e. The van der Waals surface area contributed by atoms with Crippen molar-refractivity contribution in [3.63, 3.8) is 0 Å². The molecule has 5 heterocycles. The topological polar surface area (TPSA) is 107 Å². The molecule has 9 nitrogen and oxygen atoms in total. The lowest BCUT2D eigenvalue weighted by Gasteiger charge is -2.48. The predicted octanol–water partition coefficient (Wildman–Crippen LogP) is 5.74. The molecule has 2 aliphatic carbocycles. The lowest BCUT2D eigenvalue weighted by atomic mass is 9.76. The number of imidazole rings is 1. The van der Waals surface area contributed by atoms with E-state index >= 15 is 0 Å². The quantitative estimate of drug-likeness (QED) is 0.236. The van der Waals surface area contributed by atoms with Crippen molar-refractivity contribution in [2.24, 2.45) is 24.6 Å². The lowest BCUT2D eigenvalue weighted by molar-refractivity contribution is 0.0261. The van der Waals surface area contributed by atoms with Crippen molar-refractivity contribution in [2.45, 2.75) is 48.6 Å². The minimum atomic E-state index is -0.735. The molecule has 1 unspecified atom stereocenters. The second-order valence-corrected chi connectivity index (χ2v) is 14.0. The number of para-hydroxylation sites is 1. The van der Waals surface area contributed by atoms with E-state index in [0.717, 1.165) is 64.7 Å². The first-order valence-corrected chi connectivity index (χ1v) is 15.6. The van der Waals surface area contributed by atoms with Gasteiger partial charge in [0, 0.05) is 66.4 Å². The number of methoxy groups -OCH3 is 1. The maximum atomic E-state index is 13.8. The smallest absolute Gasteiger partial charge is 0.254 e. The summed E-state index contributed by atoms with van der Waals surface area (Å²) >= 11 is 13.1. The SMILES string of the molecule is COc1cc(C(=O)N2C[C@H]3CC[C@@H]2C[C@@H]3N)cc2nc(-c3cc4cccc(-c5cn[nH]c5)c4n3CC3CC3(Cl)Cl)n(C)c12. The molecule has 2 saturated carbocycles. The summed E-state index contributed by atoms with van der Waals surface area (Å²) in [7, 11) is 3.63. The van der Waals surface area contributed by atoms with Gasteiger partial charge < -0.3 is 24.5 Å². The summed E-state index contributed by atoms with van der Waals surface area (Å²) in [5, 5.41) is 8.20. The number of piperidine rings is 2. The van der Waals surface area contributed by atoms with Gasteiger partial charge in [-0.3, -0.25) is 9.89 Å². The van der Waals surface area contributed by atoms with Crippen LogP contribution < -0.4 is 10.5 Å². The molecule has 4 fully saturated rings. The van der Waals surface area contributed by atoms with Crippen molar-refractivity contribution in [2.75, 3.05) is 13.7 Å². The molecule has 11 heteroatoms. The van der Waals surface area contributed by atoms with Crippen LogP contribution in [0.25, 0.3) is 44.6 Å². The number of hydrogen-bond donors (Lipinski definition) is 2. The fraction of sp³-hybridized carbons (Fsp3) is 0.406. The van der Waals surface area contributed by atoms with E-state index in [2.05, 4.69) is 39.0 Å². The van der Waals surface area contributed by atoms with Crippen LogP contribution in [-0.2, 0) is 13.6 Å². The number of alkyl halides is 2. The zero-order chi connectivity index (χ0) is 29.6. The number of H-pyrrole nitrogens is 1. The minimum absolute atomic E-state index is 0.0159. The van der Waals surface area contributed by atoms with Gasteiger partial charge in [-0.1, -0.05) is 18.2 Å². The summed E-state index contributed by atoms with van der Waals surface area (Å²) < 4.78 is 9.46. The molecule has 43 heavy (non-hydrogen) atoms. The van der Waals surface area contributed by atoms with E-state index in [1.165, 1.54) is 0 Å². The van der Waals surface area contributed by atoms with E-state index in [1.54, 1.807) is 7.11 Å². The number of ether oxygens (including phenoxy) is 1. The summed E-state index contributed by atoms with van der Waals surface area (Å²) in [5.41, 5.74) is 12.6. The van der Waals surface area contributed by atoms with Crippen LogP contribution in [0.4, 0.5) is 0 Å². The first kappa shape index (κ1) is 27.0. The molecule has 4 atom stereocenters. The Morgan fingerprint density at radius 1 is 1.21 bits per heavy atom. The van der Waals surface area contributed by atoms with Gasteiger partial charge >= 0.3 is 0 Å². The Hall–Kier alpha value is -3.53. The van der Waals surface area contributed by atoms with Gasteiger partial charge in [0.2, 0.25) is 0 Å². The van der Waals surface area contributed by atoms with Gasteiger partial charge in [0.15, 0.2) is 5.82 Å². The maximum absolute atomic E-state index is 13.8. The zero-order valence-corrected chi connectivity index (χ0v) is 25.6. The number of nitrogens with one attached hydrogen (secondary N) is 1. The van der Waals surface area contributed by atoms with Crippen LogP contribution in [0.15, 0.2) is 48.8 Å².